The van der Waals surface area contributed by atoms with E-state index in [4.69, 9.17) is 23.2 Å². The molecule has 0 spiro atoms. The number of nitrogens with one attached hydrogen (secondary N) is 1. The SMILES string of the molecule is Cc1cn2c3cccc(NC(=O)c4c(Cl)cccc4Cl)c3nc2n1C. The fourth-order valence-corrected chi connectivity index (χ4v) is 3.47. The van der Waals surface area contributed by atoms with Crippen molar-refractivity contribution >= 4 is 51.6 Å². The first-order chi connectivity index (χ1) is 12.0. The molecule has 2 heterocycles. The third-order valence-corrected chi connectivity index (χ3v) is 4.91. The van der Waals surface area contributed by atoms with Crippen LogP contribution in [-0.4, -0.2) is 19.9 Å². The van der Waals surface area contributed by atoms with E-state index in [1.165, 1.54) is 0 Å². The van der Waals surface area contributed by atoms with Crippen LogP contribution in [-0.2, 0) is 7.05 Å². The van der Waals surface area contributed by atoms with Crippen molar-refractivity contribution in [3.63, 3.8) is 0 Å². The number of hydrogen-bond acceptors (Lipinski definition) is 2. The number of nitrogens with zero attached hydrogens (tertiary/aromatic N) is 3. The van der Waals surface area contributed by atoms with Crippen LogP contribution in [0.25, 0.3) is 16.8 Å². The van der Waals surface area contributed by atoms with Crippen molar-refractivity contribution in [2.75, 3.05) is 5.32 Å². The van der Waals surface area contributed by atoms with Crippen LogP contribution in [0.5, 0.6) is 0 Å². The number of amides is 1. The number of aromatic nitrogens is 3. The van der Waals surface area contributed by atoms with Crippen LogP contribution in [0.3, 0.4) is 0 Å². The number of hydrogen-bond donors (Lipinski definition) is 1. The topological polar surface area (TPSA) is 51.3 Å². The maximum Gasteiger partial charge on any atom is 0.258 e. The van der Waals surface area contributed by atoms with Crippen LogP contribution in [0.15, 0.2) is 42.6 Å². The first-order valence-electron chi connectivity index (χ1n) is 7.66. The van der Waals surface area contributed by atoms with Crippen molar-refractivity contribution in [1.82, 2.24) is 14.0 Å². The molecule has 2 aromatic heterocycles. The van der Waals surface area contributed by atoms with Crippen molar-refractivity contribution in [1.29, 1.82) is 0 Å². The second-order valence-corrected chi connectivity index (χ2v) is 6.65. The van der Waals surface area contributed by atoms with Gasteiger partial charge in [-0.15, -0.1) is 0 Å². The number of imidazole rings is 2. The van der Waals surface area contributed by atoms with Gasteiger partial charge in [0.25, 0.3) is 5.91 Å². The van der Waals surface area contributed by atoms with Gasteiger partial charge >= 0.3 is 0 Å². The molecule has 126 valence electrons. The summed E-state index contributed by atoms with van der Waals surface area (Å²) in [5.41, 5.74) is 3.59. The van der Waals surface area contributed by atoms with Crippen molar-refractivity contribution in [3.05, 3.63) is 63.9 Å². The van der Waals surface area contributed by atoms with Gasteiger partial charge in [0.2, 0.25) is 5.78 Å². The summed E-state index contributed by atoms with van der Waals surface area (Å²) in [6.45, 7) is 2.02. The molecular formula is C18H14Cl2N4O. The highest BCUT2D eigenvalue weighted by Crippen LogP contribution is 2.28. The van der Waals surface area contributed by atoms with E-state index in [2.05, 4.69) is 10.3 Å². The first kappa shape index (κ1) is 16.0. The molecule has 4 aromatic rings. The van der Waals surface area contributed by atoms with Crippen LogP contribution >= 0.6 is 23.2 Å². The minimum Gasteiger partial charge on any atom is -0.320 e. The van der Waals surface area contributed by atoms with E-state index in [0.29, 0.717) is 21.2 Å². The van der Waals surface area contributed by atoms with Crippen LogP contribution in [0.4, 0.5) is 5.69 Å². The number of halogens is 2. The highest BCUT2D eigenvalue weighted by Gasteiger charge is 2.18. The van der Waals surface area contributed by atoms with Crippen LogP contribution < -0.4 is 5.32 Å². The highest BCUT2D eigenvalue weighted by atomic mass is 35.5. The quantitative estimate of drug-likeness (QED) is 0.554. The molecule has 1 N–H and O–H groups in total. The number of benzene rings is 2. The lowest BCUT2D eigenvalue weighted by atomic mass is 10.2. The Morgan fingerprint density at radius 2 is 1.80 bits per heavy atom. The molecular weight excluding hydrogens is 359 g/mol. The molecule has 0 aliphatic heterocycles. The van der Waals surface area contributed by atoms with Gasteiger partial charge in [-0.3, -0.25) is 9.20 Å². The number of anilines is 1. The Kier molecular flexibility index (Phi) is 3.71. The van der Waals surface area contributed by atoms with Crippen LogP contribution in [0, 0.1) is 6.92 Å². The molecule has 4 rings (SSSR count). The van der Waals surface area contributed by atoms with Gasteiger partial charge in [-0.05, 0) is 31.2 Å². The van der Waals surface area contributed by atoms with Crippen molar-refractivity contribution in [3.8, 4) is 0 Å². The molecule has 1 amide bonds. The maximum atomic E-state index is 12.7. The fraction of sp³-hybridized carbons (Fsp3) is 0.111. The van der Waals surface area contributed by atoms with E-state index < -0.39 is 0 Å². The normalized spacial score (nSPS) is 11.4. The summed E-state index contributed by atoms with van der Waals surface area (Å²) >= 11 is 12.3. The standard InChI is InChI=1S/C18H14Cl2N4O/c1-10-9-24-14-8-4-7-13(16(14)22-18(24)23(10)2)21-17(25)15-11(19)5-3-6-12(15)20/h3-9H,1-2H3,(H,21,25). The number of carbonyl (C=O) groups excluding carboxylic acids is 1. The lowest BCUT2D eigenvalue weighted by Gasteiger charge is -2.09. The van der Waals surface area contributed by atoms with Crippen molar-refractivity contribution < 1.29 is 4.79 Å². The van der Waals surface area contributed by atoms with Gasteiger partial charge in [0.15, 0.2) is 0 Å². The number of carbonyl (C=O) groups is 1. The van der Waals surface area contributed by atoms with Gasteiger partial charge in [-0.1, -0.05) is 35.3 Å². The summed E-state index contributed by atoms with van der Waals surface area (Å²) in [5, 5.41) is 3.49. The molecule has 0 aliphatic rings. The molecule has 2 aromatic carbocycles. The Morgan fingerprint density at radius 3 is 2.52 bits per heavy atom. The van der Waals surface area contributed by atoms with Crippen LogP contribution in [0.2, 0.25) is 10.0 Å². The lowest BCUT2D eigenvalue weighted by molar-refractivity contribution is 0.102. The smallest absolute Gasteiger partial charge is 0.258 e. The second-order valence-electron chi connectivity index (χ2n) is 5.84. The van der Waals surface area contributed by atoms with E-state index >= 15 is 0 Å². The monoisotopic (exact) mass is 372 g/mol. The lowest BCUT2D eigenvalue weighted by Crippen LogP contribution is -2.13. The average Bonchev–Trinajstić information content (AvgIpc) is 3.06. The molecule has 0 unspecified atom stereocenters. The summed E-state index contributed by atoms with van der Waals surface area (Å²) in [6.07, 6.45) is 2.02. The summed E-state index contributed by atoms with van der Waals surface area (Å²) < 4.78 is 4.00. The van der Waals surface area contributed by atoms with E-state index in [-0.39, 0.29) is 11.5 Å². The minimum absolute atomic E-state index is 0.252. The molecule has 0 fully saturated rings. The molecule has 0 bridgehead atoms. The van der Waals surface area contributed by atoms with Gasteiger partial charge in [0.1, 0.15) is 5.52 Å². The van der Waals surface area contributed by atoms with Gasteiger partial charge in [0.05, 0.1) is 26.8 Å². The molecule has 0 radical (unpaired) electrons. The number of aryl methyl sites for hydroxylation is 2. The molecule has 5 nitrogen and oxygen atoms in total. The average molecular weight is 373 g/mol. The molecule has 0 atom stereocenters. The third kappa shape index (κ3) is 2.47. The maximum absolute atomic E-state index is 12.7. The largest absolute Gasteiger partial charge is 0.320 e. The number of para-hydroxylation sites is 1. The third-order valence-electron chi connectivity index (χ3n) is 4.28. The van der Waals surface area contributed by atoms with E-state index in [0.717, 1.165) is 17.0 Å². The molecule has 25 heavy (non-hydrogen) atoms. The summed E-state index contributed by atoms with van der Waals surface area (Å²) in [7, 11) is 1.96. The predicted molar refractivity (Wildman–Crippen MR) is 101 cm³/mol. The molecule has 0 aliphatic carbocycles. The zero-order valence-corrected chi connectivity index (χ0v) is 15.1. The number of rotatable bonds is 2. The van der Waals surface area contributed by atoms with E-state index in [9.17, 15) is 4.79 Å². The van der Waals surface area contributed by atoms with Crippen LogP contribution in [0.1, 0.15) is 16.1 Å². The Labute approximate surface area is 153 Å². The van der Waals surface area contributed by atoms with E-state index in [1.807, 2.05) is 47.3 Å². The minimum atomic E-state index is -0.365. The summed E-state index contributed by atoms with van der Waals surface area (Å²) in [4.78, 5) is 17.3. The Hall–Kier alpha value is -2.50. The molecule has 0 saturated heterocycles. The Balaban J connectivity index is 1.82. The van der Waals surface area contributed by atoms with Gasteiger partial charge < -0.3 is 9.88 Å². The van der Waals surface area contributed by atoms with Gasteiger partial charge in [0, 0.05) is 18.9 Å². The van der Waals surface area contributed by atoms with E-state index in [1.54, 1.807) is 18.2 Å². The summed E-state index contributed by atoms with van der Waals surface area (Å²) in [6, 6.07) is 10.6. The zero-order valence-electron chi connectivity index (χ0n) is 13.5. The fourth-order valence-electron chi connectivity index (χ4n) is 2.90. The Bertz CT molecular complexity index is 1120. The predicted octanol–water partition coefficient (Wildman–Crippen LogP) is 4.69. The summed E-state index contributed by atoms with van der Waals surface area (Å²) in [5.74, 6) is 0.446. The second kappa shape index (κ2) is 5.79. The van der Waals surface area contributed by atoms with Gasteiger partial charge in [-0.25, -0.2) is 4.98 Å². The molecule has 7 heteroatoms. The zero-order chi connectivity index (χ0) is 17.7. The first-order valence-corrected chi connectivity index (χ1v) is 8.41. The van der Waals surface area contributed by atoms with Gasteiger partial charge in [-0.2, -0.15) is 0 Å². The van der Waals surface area contributed by atoms with Crippen molar-refractivity contribution in [2.45, 2.75) is 6.92 Å². The Morgan fingerprint density at radius 1 is 1.12 bits per heavy atom. The highest BCUT2D eigenvalue weighted by molar-refractivity contribution is 6.40. The van der Waals surface area contributed by atoms with Crippen molar-refractivity contribution in [2.24, 2.45) is 7.05 Å². The molecule has 0 saturated carbocycles. The number of fused-ring (bicyclic) bond motifs is 3.